The van der Waals surface area contributed by atoms with Gasteiger partial charge in [-0.2, -0.15) is 0 Å². The summed E-state index contributed by atoms with van der Waals surface area (Å²) in [6.07, 6.45) is 0. The van der Waals surface area contributed by atoms with Gasteiger partial charge in [0.2, 0.25) is 0 Å². The van der Waals surface area contributed by atoms with Crippen LogP contribution < -0.4 is 24.6 Å². The van der Waals surface area contributed by atoms with Crippen LogP contribution in [-0.4, -0.2) is 10.2 Å². The minimum Gasteiger partial charge on any atom is -0.356 e. The van der Waals surface area contributed by atoms with E-state index >= 15 is 0 Å². The molecule has 0 saturated heterocycles. The molecule has 0 rings (SSSR count). The Kier molecular flexibility index (Phi) is 200. The molecule has 0 heterocycles. The zero-order valence-electron chi connectivity index (χ0n) is 5.45. The Bertz CT molecular complexity index is 75.1. The monoisotopic (exact) mass is 375 g/mol. The van der Waals surface area contributed by atoms with Crippen LogP contribution in [0.4, 0.5) is 0 Å². The maximum atomic E-state index is 8.25. The van der Waals surface area contributed by atoms with Crippen molar-refractivity contribution in [2.75, 3.05) is 0 Å². The summed E-state index contributed by atoms with van der Waals surface area (Å²) < 4.78 is 0. The van der Waals surface area contributed by atoms with Gasteiger partial charge in [-0.05, 0) is 0 Å². The zero-order chi connectivity index (χ0) is 7.15. The van der Waals surface area contributed by atoms with E-state index < -0.39 is 10.2 Å². The molecule has 0 aromatic rings. The van der Waals surface area contributed by atoms with Crippen LogP contribution in [0, 0.1) is 30.6 Å². The van der Waals surface area contributed by atoms with E-state index in [-0.39, 0.29) is 45.7 Å². The third-order valence-corrected chi connectivity index (χ3v) is 0. The molecule has 0 unspecified atom stereocenters. The fourth-order valence-electron chi connectivity index (χ4n) is 0. The molecular formula is N6O6Pt. The molecule has 0 aliphatic heterocycles. The molecule has 0 aliphatic rings. The normalized spacial score (nSPS) is 3.69. The van der Waals surface area contributed by atoms with E-state index in [1.54, 1.807) is 0 Å². The third-order valence-electron chi connectivity index (χ3n) is 0. The van der Waals surface area contributed by atoms with Crippen molar-refractivity contribution in [2.45, 2.75) is 0 Å². The van der Waals surface area contributed by atoms with E-state index in [2.05, 4.69) is 0 Å². The Morgan fingerprint density at radius 2 is 0.615 bits per heavy atom. The predicted octanol–water partition coefficient (Wildman–Crippen LogP) is -2.40. The second kappa shape index (κ2) is 44.4. The van der Waals surface area contributed by atoms with Gasteiger partial charge in [-0.3, -0.25) is 0 Å². The van der Waals surface area contributed by atoms with Crippen molar-refractivity contribution in [1.29, 1.82) is 0 Å². The van der Waals surface area contributed by atoms with Crippen molar-refractivity contribution in [2.24, 2.45) is 0 Å². The van der Waals surface area contributed by atoms with E-state index in [1.165, 1.54) is 0 Å². The van der Waals surface area contributed by atoms with Gasteiger partial charge in [-0.25, -0.2) is 0 Å². The van der Waals surface area contributed by atoms with Crippen molar-refractivity contribution >= 4 is 0 Å². The van der Waals surface area contributed by atoms with Gasteiger partial charge in [0.05, 0.1) is 10.2 Å². The van der Waals surface area contributed by atoms with Crippen LogP contribution in [0.5, 0.6) is 0 Å². The molecule has 0 bridgehead atoms. The maximum absolute atomic E-state index is 8.25. The fourth-order valence-corrected chi connectivity index (χ4v) is 0. The SMILES string of the molecule is O=[N+]([O-])[O-].O=[N+]([O-])[O-].[N].[N].[N].[N].[Pt+2]. The quantitative estimate of drug-likeness (QED) is 0.329. The van der Waals surface area contributed by atoms with Gasteiger partial charge < -0.3 is 30.6 Å². The first kappa shape index (κ1) is 58.7. The van der Waals surface area contributed by atoms with E-state index in [1.807, 2.05) is 0 Å². The van der Waals surface area contributed by atoms with Gasteiger partial charge in [-0.15, -0.1) is 0 Å². The Morgan fingerprint density at radius 3 is 0.615 bits per heavy atom. The van der Waals surface area contributed by atoms with Crippen LogP contribution >= 0.6 is 0 Å². The van der Waals surface area contributed by atoms with Crippen LogP contribution in [0.25, 0.3) is 0 Å². The number of nitrogens with zero attached hydrogens (tertiary/aromatic N) is 6. The first-order valence-electron chi connectivity index (χ1n) is 1.10. The molecule has 0 spiro atoms. The van der Waals surface area contributed by atoms with E-state index in [4.69, 9.17) is 30.6 Å². The molecule has 0 aromatic carbocycles. The van der Waals surface area contributed by atoms with Crippen LogP contribution in [0.3, 0.4) is 0 Å². The van der Waals surface area contributed by atoms with Gasteiger partial charge in [0.15, 0.2) is 0 Å². The molecule has 76 valence electrons. The summed E-state index contributed by atoms with van der Waals surface area (Å²) in [4.78, 5) is 16.5. The van der Waals surface area contributed by atoms with Gasteiger partial charge in [0.25, 0.3) is 0 Å². The van der Waals surface area contributed by atoms with E-state index in [0.29, 0.717) is 0 Å². The largest absolute Gasteiger partial charge is 2.00 e. The van der Waals surface area contributed by atoms with Crippen molar-refractivity contribution < 1.29 is 31.2 Å². The van der Waals surface area contributed by atoms with E-state index in [9.17, 15) is 0 Å². The molecule has 13 heavy (non-hydrogen) atoms. The summed E-state index contributed by atoms with van der Waals surface area (Å²) in [6.45, 7) is 0. The van der Waals surface area contributed by atoms with Crippen molar-refractivity contribution in [3.63, 3.8) is 0 Å². The Hall–Kier alpha value is -1.07. The number of hydrogen-bond acceptors (Lipinski definition) is 6. The fraction of sp³-hybridized carbons (Fsp3) is 0. The van der Waals surface area contributed by atoms with Crippen LogP contribution in [0.1, 0.15) is 0 Å². The average Bonchev–Trinajstić information content (AvgIpc) is 1.25. The van der Waals surface area contributed by atoms with Crippen molar-refractivity contribution in [3.8, 4) is 0 Å². The third kappa shape index (κ3) is 758. The molecule has 0 fully saturated rings. The van der Waals surface area contributed by atoms with Gasteiger partial charge in [-0.1, -0.05) is 0 Å². The first-order chi connectivity index (χ1) is 3.46. The molecule has 0 atom stereocenters. The Labute approximate surface area is 87.1 Å². The Morgan fingerprint density at radius 1 is 0.615 bits per heavy atom. The molecule has 0 amide bonds. The van der Waals surface area contributed by atoms with Crippen LogP contribution in [0.15, 0.2) is 0 Å². The number of rotatable bonds is 0. The Balaban J connectivity index is -0.00000000800. The van der Waals surface area contributed by atoms with Crippen molar-refractivity contribution in [3.05, 3.63) is 30.6 Å². The molecule has 0 saturated carbocycles. The second-order valence-electron chi connectivity index (χ2n) is 0.447. The van der Waals surface area contributed by atoms with Crippen molar-refractivity contribution in [1.82, 2.24) is 24.6 Å². The predicted molar refractivity (Wildman–Crippen MR) is 29.3 cm³/mol. The molecule has 0 N–H and O–H groups in total. The summed E-state index contributed by atoms with van der Waals surface area (Å²) in [7, 11) is 0. The minimum absolute atomic E-state index is 0. The second-order valence-corrected chi connectivity index (χ2v) is 0.447. The standard InChI is InChI=1S/2NO3.4N.Pt/c2*2-1(3)4;;;;;/q2*-1;;;;;+2. The summed E-state index contributed by atoms with van der Waals surface area (Å²) in [5.41, 5.74) is 0. The summed E-state index contributed by atoms with van der Waals surface area (Å²) in [5, 5.41) is 29.5. The maximum Gasteiger partial charge on any atom is 2.00 e. The number of hydrogen-bond donors (Lipinski definition) is 0. The molecule has 12 radical (unpaired) electrons. The first-order valence-corrected chi connectivity index (χ1v) is 1.10. The molecule has 0 aliphatic carbocycles. The summed E-state index contributed by atoms with van der Waals surface area (Å²) in [6, 6.07) is 0. The van der Waals surface area contributed by atoms with Gasteiger partial charge in [0.1, 0.15) is 0 Å². The van der Waals surface area contributed by atoms with Gasteiger partial charge in [0, 0.05) is 24.6 Å². The summed E-state index contributed by atoms with van der Waals surface area (Å²) >= 11 is 0. The molecule has 0 aromatic heterocycles. The zero-order valence-corrected chi connectivity index (χ0v) is 7.72. The molecular weight excluding hydrogens is 375 g/mol. The van der Waals surface area contributed by atoms with Crippen LogP contribution in [-0.2, 0) is 21.1 Å². The molecule has 12 nitrogen and oxygen atoms in total. The smallest absolute Gasteiger partial charge is 0.356 e. The minimum atomic E-state index is -1.75. The van der Waals surface area contributed by atoms with Crippen LogP contribution in [0.2, 0.25) is 0 Å². The molecule has 13 heteroatoms. The topological polar surface area (TPSA) is 254 Å². The summed E-state index contributed by atoms with van der Waals surface area (Å²) in [5.74, 6) is 0. The van der Waals surface area contributed by atoms with Gasteiger partial charge >= 0.3 is 21.1 Å². The van der Waals surface area contributed by atoms with E-state index in [0.717, 1.165) is 0 Å². The average molecular weight is 375 g/mol.